The van der Waals surface area contributed by atoms with Crippen LogP contribution < -0.4 is 11.1 Å². The first-order valence-corrected chi connectivity index (χ1v) is 8.12. The fourth-order valence-electron chi connectivity index (χ4n) is 3.11. The van der Waals surface area contributed by atoms with Crippen LogP contribution in [0.15, 0.2) is 23.1 Å². The van der Waals surface area contributed by atoms with E-state index in [2.05, 4.69) is 5.32 Å². The summed E-state index contributed by atoms with van der Waals surface area (Å²) in [5.74, 6) is 0.645. The third-order valence-electron chi connectivity index (χ3n) is 4.23. The molecule has 3 unspecified atom stereocenters. The zero-order valence-corrected chi connectivity index (χ0v) is 12.1. The predicted octanol–water partition coefficient (Wildman–Crippen LogP) is 2.61. The van der Waals surface area contributed by atoms with Crippen LogP contribution in [0.4, 0.5) is 4.39 Å². The van der Waals surface area contributed by atoms with Crippen molar-refractivity contribution in [2.75, 3.05) is 5.75 Å². The van der Waals surface area contributed by atoms with E-state index in [0.717, 1.165) is 41.9 Å². The van der Waals surface area contributed by atoms with Crippen molar-refractivity contribution in [2.24, 2.45) is 11.7 Å². The maximum Gasteiger partial charge on any atom is 0.225 e. The molecule has 1 aromatic carbocycles. The Morgan fingerprint density at radius 2 is 2.20 bits per heavy atom. The van der Waals surface area contributed by atoms with Crippen LogP contribution >= 0.6 is 11.8 Å². The number of nitrogens with two attached hydrogens (primary N) is 1. The zero-order chi connectivity index (χ0) is 14.1. The fourth-order valence-corrected chi connectivity index (χ4v) is 4.21. The standard InChI is InChI=1S/C15H19FN2OS/c16-9-4-5-14-11(8-9)13(6-7-20-14)18-15(19)10-2-1-3-12(10)17/h4-5,8,10,12-13H,1-3,6-7,17H2,(H,18,19). The molecule has 1 heterocycles. The minimum absolute atomic E-state index is 0.0278. The maximum absolute atomic E-state index is 13.4. The van der Waals surface area contributed by atoms with Gasteiger partial charge in [0.15, 0.2) is 0 Å². The molecule has 1 aliphatic carbocycles. The molecule has 0 bridgehead atoms. The van der Waals surface area contributed by atoms with Gasteiger partial charge in [0.2, 0.25) is 5.91 Å². The third-order valence-corrected chi connectivity index (χ3v) is 5.36. The van der Waals surface area contributed by atoms with E-state index in [4.69, 9.17) is 5.73 Å². The number of benzene rings is 1. The van der Waals surface area contributed by atoms with Crippen molar-refractivity contribution in [3.63, 3.8) is 0 Å². The minimum Gasteiger partial charge on any atom is -0.349 e. The average Bonchev–Trinajstić information content (AvgIpc) is 2.86. The number of halogens is 1. The van der Waals surface area contributed by atoms with Gasteiger partial charge in [-0.1, -0.05) is 6.42 Å². The molecule has 5 heteroatoms. The molecule has 1 fully saturated rings. The molecule has 3 nitrogen and oxygen atoms in total. The van der Waals surface area contributed by atoms with Crippen molar-refractivity contribution in [1.82, 2.24) is 5.32 Å². The molecular formula is C15H19FN2OS. The number of carbonyl (C=O) groups excluding carboxylic acids is 1. The molecule has 1 aromatic rings. The average molecular weight is 294 g/mol. The van der Waals surface area contributed by atoms with E-state index >= 15 is 0 Å². The molecule has 2 aliphatic rings. The zero-order valence-electron chi connectivity index (χ0n) is 11.3. The Hall–Kier alpha value is -1.07. The highest BCUT2D eigenvalue weighted by Gasteiger charge is 2.32. The number of nitrogens with one attached hydrogen (secondary N) is 1. The lowest BCUT2D eigenvalue weighted by Crippen LogP contribution is -2.41. The van der Waals surface area contributed by atoms with Gasteiger partial charge in [0.05, 0.1) is 12.0 Å². The van der Waals surface area contributed by atoms with E-state index in [-0.39, 0.29) is 29.7 Å². The van der Waals surface area contributed by atoms with Gasteiger partial charge in [-0.25, -0.2) is 4.39 Å². The van der Waals surface area contributed by atoms with E-state index in [9.17, 15) is 9.18 Å². The number of amides is 1. The van der Waals surface area contributed by atoms with E-state index in [1.807, 2.05) is 0 Å². The quantitative estimate of drug-likeness (QED) is 0.881. The fraction of sp³-hybridized carbons (Fsp3) is 0.533. The number of fused-ring (bicyclic) bond motifs is 1. The Balaban J connectivity index is 1.76. The van der Waals surface area contributed by atoms with Crippen LogP contribution in [0.5, 0.6) is 0 Å². The van der Waals surface area contributed by atoms with Crippen molar-refractivity contribution in [3.8, 4) is 0 Å². The molecule has 0 saturated heterocycles. The second-order valence-corrected chi connectivity index (χ2v) is 6.72. The van der Waals surface area contributed by atoms with Crippen molar-refractivity contribution >= 4 is 17.7 Å². The number of hydrogen-bond donors (Lipinski definition) is 2. The molecule has 3 N–H and O–H groups in total. The van der Waals surface area contributed by atoms with Gasteiger partial charge in [0, 0.05) is 16.7 Å². The highest BCUT2D eigenvalue weighted by molar-refractivity contribution is 7.99. The first kappa shape index (κ1) is 13.9. The summed E-state index contributed by atoms with van der Waals surface area (Å²) in [6.07, 6.45) is 3.65. The molecule has 108 valence electrons. The van der Waals surface area contributed by atoms with Crippen LogP contribution in [0.1, 0.15) is 37.3 Å². The normalized spacial score (nSPS) is 29.0. The Kier molecular flexibility index (Phi) is 3.98. The monoisotopic (exact) mass is 294 g/mol. The van der Waals surface area contributed by atoms with Gasteiger partial charge in [0.1, 0.15) is 5.82 Å². The second-order valence-electron chi connectivity index (χ2n) is 5.58. The SMILES string of the molecule is NC1CCCC1C(=O)NC1CCSc2ccc(F)cc21. The van der Waals surface area contributed by atoms with Crippen LogP contribution in [-0.2, 0) is 4.79 Å². The molecule has 1 aliphatic heterocycles. The number of rotatable bonds is 2. The summed E-state index contributed by atoms with van der Waals surface area (Å²) >= 11 is 1.72. The lowest BCUT2D eigenvalue weighted by molar-refractivity contribution is -0.126. The minimum atomic E-state index is -0.247. The second kappa shape index (κ2) is 5.74. The molecule has 1 saturated carbocycles. The maximum atomic E-state index is 13.4. The van der Waals surface area contributed by atoms with Gasteiger partial charge in [-0.05, 0) is 43.0 Å². The van der Waals surface area contributed by atoms with Gasteiger partial charge in [0.25, 0.3) is 0 Å². The van der Waals surface area contributed by atoms with E-state index in [1.165, 1.54) is 6.07 Å². The molecule has 1 amide bonds. The van der Waals surface area contributed by atoms with Gasteiger partial charge in [-0.15, -0.1) is 11.8 Å². The number of hydrogen-bond acceptors (Lipinski definition) is 3. The lowest BCUT2D eigenvalue weighted by atomic mass is 9.99. The van der Waals surface area contributed by atoms with Crippen LogP contribution in [0.3, 0.4) is 0 Å². The topological polar surface area (TPSA) is 55.1 Å². The largest absolute Gasteiger partial charge is 0.349 e. The Bertz CT molecular complexity index is 523. The van der Waals surface area contributed by atoms with Gasteiger partial charge < -0.3 is 11.1 Å². The Labute approximate surface area is 122 Å². The van der Waals surface area contributed by atoms with Gasteiger partial charge >= 0.3 is 0 Å². The highest BCUT2D eigenvalue weighted by atomic mass is 32.2. The van der Waals surface area contributed by atoms with Gasteiger partial charge in [-0.3, -0.25) is 4.79 Å². The predicted molar refractivity (Wildman–Crippen MR) is 77.9 cm³/mol. The van der Waals surface area contributed by atoms with E-state index < -0.39 is 0 Å². The number of thioether (sulfide) groups is 1. The van der Waals surface area contributed by atoms with Crippen molar-refractivity contribution in [1.29, 1.82) is 0 Å². The number of carbonyl (C=O) groups is 1. The van der Waals surface area contributed by atoms with Crippen LogP contribution in [0, 0.1) is 11.7 Å². The summed E-state index contributed by atoms with van der Waals surface area (Å²) in [7, 11) is 0. The molecule has 0 aromatic heterocycles. The van der Waals surface area contributed by atoms with E-state index in [1.54, 1.807) is 23.9 Å². The molecule has 0 radical (unpaired) electrons. The van der Waals surface area contributed by atoms with Crippen LogP contribution in [0.25, 0.3) is 0 Å². The Morgan fingerprint density at radius 1 is 1.35 bits per heavy atom. The van der Waals surface area contributed by atoms with Crippen molar-refractivity contribution in [3.05, 3.63) is 29.6 Å². The highest BCUT2D eigenvalue weighted by Crippen LogP contribution is 2.37. The summed E-state index contributed by atoms with van der Waals surface area (Å²) in [4.78, 5) is 13.4. The summed E-state index contributed by atoms with van der Waals surface area (Å²) in [6.45, 7) is 0. The molecule has 3 atom stereocenters. The van der Waals surface area contributed by atoms with Crippen molar-refractivity contribution < 1.29 is 9.18 Å². The van der Waals surface area contributed by atoms with Gasteiger partial charge in [-0.2, -0.15) is 0 Å². The van der Waals surface area contributed by atoms with E-state index in [0.29, 0.717) is 0 Å². The van der Waals surface area contributed by atoms with Crippen LogP contribution in [0.2, 0.25) is 0 Å². The summed E-state index contributed by atoms with van der Waals surface area (Å²) < 4.78 is 13.4. The molecule has 3 rings (SSSR count). The van der Waals surface area contributed by atoms with Crippen molar-refractivity contribution in [2.45, 2.75) is 42.7 Å². The summed E-state index contributed by atoms with van der Waals surface area (Å²) in [5, 5.41) is 3.08. The Morgan fingerprint density at radius 3 is 2.95 bits per heavy atom. The first-order chi connectivity index (χ1) is 9.65. The molecule has 0 spiro atoms. The molecule has 20 heavy (non-hydrogen) atoms. The summed E-state index contributed by atoms with van der Waals surface area (Å²) in [5.41, 5.74) is 6.88. The molecular weight excluding hydrogens is 275 g/mol. The first-order valence-electron chi connectivity index (χ1n) is 7.13. The lowest BCUT2D eigenvalue weighted by Gasteiger charge is -2.27. The summed E-state index contributed by atoms with van der Waals surface area (Å²) in [6, 6.07) is 4.71. The van der Waals surface area contributed by atoms with Crippen LogP contribution in [-0.4, -0.2) is 17.7 Å². The third kappa shape index (κ3) is 2.69. The smallest absolute Gasteiger partial charge is 0.225 e.